The van der Waals surface area contributed by atoms with Gasteiger partial charge in [0.15, 0.2) is 0 Å². The Morgan fingerprint density at radius 2 is 1.84 bits per heavy atom. The van der Waals surface area contributed by atoms with Crippen molar-refractivity contribution < 1.29 is 9.53 Å². The van der Waals surface area contributed by atoms with Gasteiger partial charge in [-0.2, -0.15) is 0 Å². The van der Waals surface area contributed by atoms with E-state index in [1.165, 1.54) is 11.8 Å². The maximum absolute atomic E-state index is 13.0. The minimum Gasteiger partial charge on any atom is -0.497 e. The van der Waals surface area contributed by atoms with Gasteiger partial charge in [0.05, 0.1) is 12.1 Å². The molecule has 0 unspecified atom stereocenters. The van der Waals surface area contributed by atoms with Crippen molar-refractivity contribution in [1.29, 1.82) is 0 Å². The summed E-state index contributed by atoms with van der Waals surface area (Å²) in [5, 5.41) is 8.49. The van der Waals surface area contributed by atoms with Crippen molar-refractivity contribution in [3.05, 3.63) is 77.3 Å². The maximum atomic E-state index is 13.0. The molecule has 3 N–H and O–H groups in total. The highest BCUT2D eigenvalue weighted by Crippen LogP contribution is 2.28. The highest BCUT2D eigenvalue weighted by atomic mass is 32.2. The summed E-state index contributed by atoms with van der Waals surface area (Å²) in [6, 6.07) is 15.4. The Morgan fingerprint density at radius 3 is 2.45 bits per heavy atom. The summed E-state index contributed by atoms with van der Waals surface area (Å²) in [6.45, 7) is 8.70. The average molecular weight is 435 g/mol. The molecule has 1 aromatic heterocycles. The quantitative estimate of drug-likeness (QED) is 0.405. The van der Waals surface area contributed by atoms with Gasteiger partial charge in [0.25, 0.3) is 5.91 Å². The summed E-state index contributed by atoms with van der Waals surface area (Å²) in [6.07, 6.45) is 1.89. The number of ether oxygens (including phenoxy) is 1. The monoisotopic (exact) mass is 434 g/mol. The van der Waals surface area contributed by atoms with Crippen molar-refractivity contribution in [2.24, 2.45) is 0 Å². The summed E-state index contributed by atoms with van der Waals surface area (Å²) < 4.78 is 5.24. The predicted octanol–water partition coefficient (Wildman–Crippen LogP) is 5.65. The molecular formula is C24H26N4O2S. The topological polar surface area (TPSA) is 79.0 Å². The Balaban J connectivity index is 1.98. The lowest BCUT2D eigenvalue weighted by Gasteiger charge is -2.07. The van der Waals surface area contributed by atoms with Crippen LogP contribution in [0.1, 0.15) is 24.3 Å². The Labute approximate surface area is 186 Å². The van der Waals surface area contributed by atoms with E-state index < -0.39 is 0 Å². The number of carbonyl (C=O) groups is 1. The number of thioether (sulfide) groups is 1. The molecule has 6 nitrogen and oxygen atoms in total. The molecule has 0 fully saturated rings. The van der Waals surface area contributed by atoms with Crippen LogP contribution in [0.25, 0.3) is 22.6 Å². The van der Waals surface area contributed by atoms with Crippen molar-refractivity contribution in [2.75, 3.05) is 19.0 Å². The number of benzene rings is 2. The second-order valence-electron chi connectivity index (χ2n) is 6.61. The lowest BCUT2D eigenvalue weighted by molar-refractivity contribution is 0.0965. The fourth-order valence-electron chi connectivity index (χ4n) is 2.95. The van der Waals surface area contributed by atoms with Crippen LogP contribution in [0.3, 0.4) is 0 Å². The molecule has 1 amide bonds. The van der Waals surface area contributed by atoms with Gasteiger partial charge in [0, 0.05) is 23.4 Å². The number of H-pyrrole nitrogens is 1. The summed E-state index contributed by atoms with van der Waals surface area (Å²) in [5.74, 6) is 1.06. The molecule has 7 heteroatoms. The number of hydrogen-bond donors (Lipinski definition) is 3. The number of aromatic nitrogens is 2. The number of anilines is 1. The van der Waals surface area contributed by atoms with Crippen molar-refractivity contribution in [1.82, 2.24) is 15.3 Å². The third kappa shape index (κ3) is 5.58. The largest absolute Gasteiger partial charge is 0.497 e. The fourth-order valence-corrected chi connectivity index (χ4v) is 3.40. The first-order valence-electron chi connectivity index (χ1n) is 9.92. The van der Waals surface area contributed by atoms with Gasteiger partial charge >= 0.3 is 0 Å². The molecule has 0 saturated heterocycles. The highest BCUT2D eigenvalue weighted by Gasteiger charge is 2.20. The third-order valence-electron chi connectivity index (χ3n) is 4.43. The zero-order chi connectivity index (χ0) is 22.2. The predicted molar refractivity (Wildman–Crippen MR) is 129 cm³/mol. The van der Waals surface area contributed by atoms with E-state index in [2.05, 4.69) is 29.1 Å². The van der Waals surface area contributed by atoms with Crippen LogP contribution in [0, 0.1) is 0 Å². The molecule has 0 atom stereocenters. The first-order chi connectivity index (χ1) is 15.0. The van der Waals surface area contributed by atoms with Crippen molar-refractivity contribution in [3.8, 4) is 28.4 Å². The number of hydrogen-bond acceptors (Lipinski definition) is 5. The summed E-state index contributed by atoms with van der Waals surface area (Å²) >= 11 is 1.35. The maximum Gasteiger partial charge on any atom is 0.274 e. The number of amides is 1. The minimum absolute atomic E-state index is 0.296. The molecule has 0 aliphatic heterocycles. The standard InChI is InChI=1S/C24H26N4O2S/c1-5-15-31-16(3)26-24(29)22-21(17-9-13-20(30-4)14-10-17)27-23(28-22)18-7-11-19(12-8-18)25-6-2/h5,7-15,25H,3,6H2,1-2,4H3,(H,26,29)(H,27,28)/b15-5-. The normalized spacial score (nSPS) is 10.8. The molecule has 0 spiro atoms. The lowest BCUT2D eigenvalue weighted by Crippen LogP contribution is -2.21. The summed E-state index contributed by atoms with van der Waals surface area (Å²) in [7, 11) is 1.62. The van der Waals surface area contributed by atoms with Crippen LogP contribution in [-0.4, -0.2) is 29.5 Å². The second-order valence-corrected chi connectivity index (χ2v) is 7.61. The summed E-state index contributed by atoms with van der Waals surface area (Å²) in [5.41, 5.74) is 3.67. The number of rotatable bonds is 9. The Hall–Kier alpha value is -3.45. The van der Waals surface area contributed by atoms with Crippen LogP contribution < -0.4 is 15.4 Å². The number of methoxy groups -OCH3 is 1. The van der Waals surface area contributed by atoms with E-state index in [9.17, 15) is 4.79 Å². The van der Waals surface area contributed by atoms with Crippen molar-refractivity contribution >= 4 is 23.4 Å². The van der Waals surface area contributed by atoms with Crippen LogP contribution in [0.5, 0.6) is 5.75 Å². The van der Waals surface area contributed by atoms with E-state index in [1.807, 2.05) is 66.9 Å². The Morgan fingerprint density at radius 1 is 1.16 bits per heavy atom. The van der Waals surface area contributed by atoms with Gasteiger partial charge in [0.2, 0.25) is 0 Å². The molecular weight excluding hydrogens is 408 g/mol. The van der Waals surface area contributed by atoms with E-state index in [4.69, 9.17) is 9.72 Å². The van der Waals surface area contributed by atoms with Crippen LogP contribution in [-0.2, 0) is 0 Å². The molecule has 0 aliphatic carbocycles. The SMILES string of the molecule is C=C(NC(=O)c1[nH]c(-c2ccc(NCC)cc2)nc1-c1ccc(OC)cc1)S/C=C\C. The number of nitrogens with one attached hydrogen (secondary N) is 3. The van der Waals surface area contributed by atoms with E-state index in [-0.39, 0.29) is 5.91 Å². The van der Waals surface area contributed by atoms with E-state index in [0.717, 1.165) is 29.1 Å². The van der Waals surface area contributed by atoms with Crippen LogP contribution in [0.2, 0.25) is 0 Å². The number of carbonyl (C=O) groups excluding carboxylic acids is 1. The van der Waals surface area contributed by atoms with Crippen molar-refractivity contribution in [3.63, 3.8) is 0 Å². The molecule has 2 aromatic carbocycles. The number of nitrogens with zero attached hydrogens (tertiary/aromatic N) is 1. The Bertz CT molecular complexity index is 1070. The molecule has 0 bridgehead atoms. The lowest BCUT2D eigenvalue weighted by atomic mass is 10.1. The number of imidazole rings is 1. The first kappa shape index (κ1) is 22.2. The molecule has 3 rings (SSSR count). The smallest absolute Gasteiger partial charge is 0.274 e. The van der Waals surface area contributed by atoms with E-state index >= 15 is 0 Å². The minimum atomic E-state index is -0.296. The fraction of sp³-hybridized carbons (Fsp3) is 0.167. The molecule has 0 aliphatic rings. The third-order valence-corrected chi connectivity index (χ3v) is 5.23. The van der Waals surface area contributed by atoms with Crippen molar-refractivity contribution in [2.45, 2.75) is 13.8 Å². The molecule has 1 heterocycles. The van der Waals surface area contributed by atoms with Crippen LogP contribution in [0.4, 0.5) is 5.69 Å². The van der Waals surface area contributed by atoms with E-state index in [1.54, 1.807) is 7.11 Å². The molecule has 0 saturated carbocycles. The number of aromatic amines is 1. The average Bonchev–Trinajstić information content (AvgIpc) is 3.24. The Kier molecular flexibility index (Phi) is 7.56. The van der Waals surface area contributed by atoms with Gasteiger partial charge in [-0.1, -0.05) is 24.4 Å². The summed E-state index contributed by atoms with van der Waals surface area (Å²) in [4.78, 5) is 20.9. The molecule has 3 aromatic rings. The molecule has 160 valence electrons. The highest BCUT2D eigenvalue weighted by molar-refractivity contribution is 8.05. The molecule has 0 radical (unpaired) electrons. The zero-order valence-corrected chi connectivity index (χ0v) is 18.7. The molecule has 31 heavy (non-hydrogen) atoms. The van der Waals surface area contributed by atoms with Gasteiger partial charge in [-0.25, -0.2) is 4.98 Å². The van der Waals surface area contributed by atoms with Crippen LogP contribution >= 0.6 is 11.8 Å². The van der Waals surface area contributed by atoms with Gasteiger partial charge in [-0.3, -0.25) is 4.79 Å². The zero-order valence-electron chi connectivity index (χ0n) is 17.9. The van der Waals surface area contributed by atoms with E-state index in [0.29, 0.717) is 22.2 Å². The van der Waals surface area contributed by atoms with Crippen LogP contribution in [0.15, 0.2) is 71.6 Å². The van der Waals surface area contributed by atoms with Gasteiger partial charge < -0.3 is 20.4 Å². The first-order valence-corrected chi connectivity index (χ1v) is 10.8. The number of allylic oxidation sites excluding steroid dienone is 1. The van der Waals surface area contributed by atoms with Gasteiger partial charge in [-0.15, -0.1) is 0 Å². The second kappa shape index (κ2) is 10.5. The van der Waals surface area contributed by atoms with Gasteiger partial charge in [0.1, 0.15) is 23.0 Å². The van der Waals surface area contributed by atoms with Gasteiger partial charge in [-0.05, 0) is 67.8 Å².